The molecule has 1 saturated heterocycles. The van der Waals surface area contributed by atoms with Crippen LogP contribution in [-0.4, -0.2) is 18.2 Å². The van der Waals surface area contributed by atoms with Gasteiger partial charge in [-0.1, -0.05) is 18.2 Å². The van der Waals surface area contributed by atoms with E-state index in [-0.39, 0.29) is 5.54 Å². The molecule has 2 N–H and O–H groups in total. The molecular formula is C24H28N2O2. The highest BCUT2D eigenvalue weighted by molar-refractivity contribution is 5.36. The third-order valence-corrected chi connectivity index (χ3v) is 7.76. The van der Waals surface area contributed by atoms with Crippen molar-refractivity contribution in [1.82, 2.24) is 4.98 Å². The van der Waals surface area contributed by atoms with Crippen LogP contribution < -0.4 is 10.5 Å². The van der Waals surface area contributed by atoms with Crippen molar-refractivity contribution in [3.05, 3.63) is 53.7 Å². The minimum atomic E-state index is -0.384. The molecule has 1 aliphatic heterocycles. The Bertz CT molecular complexity index is 835. The molecule has 5 fully saturated rings. The van der Waals surface area contributed by atoms with Gasteiger partial charge in [0.05, 0.1) is 18.8 Å². The lowest BCUT2D eigenvalue weighted by Crippen LogP contribution is -2.54. The maximum absolute atomic E-state index is 6.26. The van der Waals surface area contributed by atoms with Gasteiger partial charge in [0, 0.05) is 12.3 Å². The number of hydrogen-bond donors (Lipinski definition) is 1. The maximum Gasteiger partial charge on any atom is 0.219 e. The molecule has 1 aromatic carbocycles. The Kier molecular flexibility index (Phi) is 3.67. The summed E-state index contributed by atoms with van der Waals surface area (Å²) in [4.78, 5) is 4.44. The van der Waals surface area contributed by atoms with E-state index in [9.17, 15) is 0 Å². The number of nitrogens with zero attached hydrogens (tertiary/aromatic N) is 1. The lowest BCUT2D eigenvalue weighted by Gasteiger charge is -2.57. The van der Waals surface area contributed by atoms with Gasteiger partial charge in [0.25, 0.3) is 0 Å². The lowest BCUT2D eigenvalue weighted by molar-refractivity contribution is -0.0570. The molecule has 0 amide bonds. The summed E-state index contributed by atoms with van der Waals surface area (Å²) in [6, 6.07) is 12.7. The summed E-state index contributed by atoms with van der Waals surface area (Å²) in [5.74, 6) is 4.36. The minimum Gasteiger partial charge on any atom is -0.439 e. The second kappa shape index (κ2) is 6.04. The Labute approximate surface area is 166 Å². The van der Waals surface area contributed by atoms with E-state index in [1.54, 1.807) is 0 Å². The van der Waals surface area contributed by atoms with Gasteiger partial charge in [0.15, 0.2) is 0 Å². The summed E-state index contributed by atoms with van der Waals surface area (Å²) in [5.41, 5.74) is 8.84. The van der Waals surface area contributed by atoms with Crippen molar-refractivity contribution < 1.29 is 9.47 Å². The molecule has 1 aromatic heterocycles. The highest BCUT2D eigenvalue weighted by Gasteiger charge is 2.51. The van der Waals surface area contributed by atoms with Crippen molar-refractivity contribution in [3.63, 3.8) is 0 Å². The van der Waals surface area contributed by atoms with Crippen LogP contribution in [0, 0.1) is 17.8 Å². The number of nitrogens with two attached hydrogens (primary N) is 1. The topological polar surface area (TPSA) is 57.4 Å². The third-order valence-electron chi connectivity index (χ3n) is 7.76. The summed E-state index contributed by atoms with van der Waals surface area (Å²) in [6.07, 6.45) is 10.4. The Morgan fingerprint density at radius 1 is 0.857 bits per heavy atom. The van der Waals surface area contributed by atoms with Crippen LogP contribution in [-0.2, 0) is 15.7 Å². The molecule has 146 valence electrons. The second-order valence-electron chi connectivity index (χ2n) is 9.86. The maximum atomic E-state index is 6.26. The van der Waals surface area contributed by atoms with Gasteiger partial charge in [-0.05, 0) is 85.0 Å². The van der Waals surface area contributed by atoms with Gasteiger partial charge in [-0.2, -0.15) is 0 Å². The first-order chi connectivity index (χ1) is 13.6. The van der Waals surface area contributed by atoms with Gasteiger partial charge >= 0.3 is 0 Å². The molecule has 0 spiro atoms. The molecule has 2 heterocycles. The van der Waals surface area contributed by atoms with Crippen LogP contribution in [0.25, 0.3) is 0 Å². The van der Waals surface area contributed by atoms with E-state index in [2.05, 4.69) is 29.2 Å². The standard InChI is InChI=1S/C24H28N2O2/c25-24(14-27-15-24)20-3-6-22(26-13-20)28-21-4-1-19(2-5-21)23-10-16-7-17(11-23)9-18(8-16)12-23/h1-6,13,16-18H,7-12,14-15,25H2. The van der Waals surface area contributed by atoms with Crippen LogP contribution in [0.3, 0.4) is 0 Å². The first kappa shape index (κ1) is 17.0. The molecular weight excluding hydrogens is 348 g/mol. The predicted octanol–water partition coefficient (Wildman–Crippen LogP) is 4.53. The zero-order valence-electron chi connectivity index (χ0n) is 16.3. The quantitative estimate of drug-likeness (QED) is 0.852. The first-order valence-corrected chi connectivity index (χ1v) is 10.7. The second-order valence-corrected chi connectivity index (χ2v) is 9.86. The number of benzene rings is 1. The zero-order valence-corrected chi connectivity index (χ0v) is 16.3. The van der Waals surface area contributed by atoms with Gasteiger partial charge < -0.3 is 15.2 Å². The third kappa shape index (κ3) is 2.69. The monoisotopic (exact) mass is 376 g/mol. The van der Waals surface area contributed by atoms with E-state index in [0.29, 0.717) is 24.5 Å². The number of ether oxygens (including phenoxy) is 2. The molecule has 4 saturated carbocycles. The van der Waals surface area contributed by atoms with E-state index >= 15 is 0 Å². The molecule has 0 radical (unpaired) electrons. The van der Waals surface area contributed by atoms with Gasteiger partial charge in [-0.3, -0.25) is 0 Å². The summed E-state index contributed by atoms with van der Waals surface area (Å²) in [6.45, 7) is 1.11. The van der Waals surface area contributed by atoms with E-state index in [1.165, 1.54) is 44.1 Å². The predicted molar refractivity (Wildman–Crippen MR) is 107 cm³/mol. The Balaban J connectivity index is 1.18. The van der Waals surface area contributed by atoms with Crippen LogP contribution in [0.1, 0.15) is 49.7 Å². The van der Waals surface area contributed by atoms with Crippen LogP contribution in [0.4, 0.5) is 0 Å². The van der Waals surface area contributed by atoms with E-state index in [4.69, 9.17) is 15.2 Å². The number of aromatic nitrogens is 1. The Morgan fingerprint density at radius 2 is 1.46 bits per heavy atom. The fraction of sp³-hybridized carbons (Fsp3) is 0.542. The molecule has 0 atom stereocenters. The molecule has 4 heteroatoms. The van der Waals surface area contributed by atoms with E-state index < -0.39 is 0 Å². The van der Waals surface area contributed by atoms with E-state index in [0.717, 1.165) is 29.1 Å². The Morgan fingerprint density at radius 3 is 1.96 bits per heavy atom. The molecule has 4 bridgehead atoms. The van der Waals surface area contributed by atoms with Crippen LogP contribution in [0.5, 0.6) is 11.6 Å². The number of pyridine rings is 1. The number of hydrogen-bond acceptors (Lipinski definition) is 4. The molecule has 5 aliphatic rings. The lowest BCUT2D eigenvalue weighted by atomic mass is 9.48. The van der Waals surface area contributed by atoms with Gasteiger partial charge in [-0.25, -0.2) is 4.98 Å². The van der Waals surface area contributed by atoms with Crippen LogP contribution in [0.15, 0.2) is 42.6 Å². The van der Waals surface area contributed by atoms with Gasteiger partial charge in [-0.15, -0.1) is 0 Å². The SMILES string of the molecule is NC1(c2ccc(Oc3ccc(C45CC6CC(CC(C6)C4)C5)cc3)nc2)COC1. The van der Waals surface area contributed by atoms with Crippen molar-refractivity contribution in [3.8, 4) is 11.6 Å². The minimum absolute atomic E-state index is 0.384. The normalized spacial score (nSPS) is 34.8. The summed E-state index contributed by atoms with van der Waals surface area (Å²) in [7, 11) is 0. The average molecular weight is 377 g/mol. The molecule has 4 aliphatic carbocycles. The molecule has 4 nitrogen and oxygen atoms in total. The largest absolute Gasteiger partial charge is 0.439 e. The molecule has 28 heavy (non-hydrogen) atoms. The highest BCUT2D eigenvalue weighted by atomic mass is 16.5. The first-order valence-electron chi connectivity index (χ1n) is 10.7. The van der Waals surface area contributed by atoms with Crippen LogP contribution in [0.2, 0.25) is 0 Å². The molecule has 0 unspecified atom stereocenters. The van der Waals surface area contributed by atoms with Crippen molar-refractivity contribution >= 4 is 0 Å². The Hall–Kier alpha value is -1.91. The number of rotatable bonds is 4. The summed E-state index contributed by atoms with van der Waals surface area (Å²) >= 11 is 0. The van der Waals surface area contributed by atoms with E-state index in [1.807, 2.05) is 18.3 Å². The van der Waals surface area contributed by atoms with Crippen molar-refractivity contribution in [2.75, 3.05) is 13.2 Å². The van der Waals surface area contributed by atoms with Gasteiger partial charge in [0.1, 0.15) is 5.75 Å². The fourth-order valence-corrected chi connectivity index (χ4v) is 6.69. The fourth-order valence-electron chi connectivity index (χ4n) is 6.69. The van der Waals surface area contributed by atoms with Gasteiger partial charge in [0.2, 0.25) is 5.88 Å². The van der Waals surface area contributed by atoms with Crippen LogP contribution >= 0.6 is 0 Å². The molecule has 7 rings (SSSR count). The highest BCUT2D eigenvalue weighted by Crippen LogP contribution is 2.60. The summed E-state index contributed by atoms with van der Waals surface area (Å²) in [5, 5.41) is 0. The molecule has 2 aromatic rings. The smallest absolute Gasteiger partial charge is 0.219 e. The summed E-state index contributed by atoms with van der Waals surface area (Å²) < 4.78 is 11.2. The zero-order chi connectivity index (χ0) is 18.8. The van der Waals surface area contributed by atoms with Crippen molar-refractivity contribution in [2.45, 2.75) is 49.5 Å². The van der Waals surface area contributed by atoms with Crippen molar-refractivity contribution in [2.24, 2.45) is 23.5 Å². The van der Waals surface area contributed by atoms with Crippen molar-refractivity contribution in [1.29, 1.82) is 0 Å². The average Bonchev–Trinajstić information content (AvgIpc) is 2.66.